The van der Waals surface area contributed by atoms with Crippen molar-refractivity contribution in [1.82, 2.24) is 19.7 Å². The van der Waals surface area contributed by atoms with Crippen LogP contribution in [0.3, 0.4) is 0 Å². The minimum absolute atomic E-state index is 0.250. The molecule has 1 aromatic heterocycles. The number of quaternary nitrogens is 1. The first-order chi connectivity index (χ1) is 8.59. The summed E-state index contributed by atoms with van der Waals surface area (Å²) in [6.45, 7) is 0.641. The van der Waals surface area contributed by atoms with E-state index in [1.54, 1.807) is 0 Å². The van der Waals surface area contributed by atoms with Crippen LogP contribution in [0.5, 0.6) is 0 Å². The second-order valence-corrected chi connectivity index (χ2v) is 6.35. The molecule has 2 fully saturated rings. The molecular formula is C11H18N4O2S. The third-order valence-corrected chi connectivity index (χ3v) is 5.06. The monoisotopic (exact) mass is 270 g/mol. The van der Waals surface area contributed by atoms with E-state index in [1.807, 2.05) is 11.9 Å². The van der Waals surface area contributed by atoms with Crippen molar-refractivity contribution in [3.05, 3.63) is 10.2 Å². The minimum atomic E-state index is -0.945. The number of β-amino-alcohol motifs (C(OH)–C–C–N with tert-alkyl or cyclic N) is 1. The Kier molecular flexibility index (Phi) is 3.11. The first-order valence-corrected chi connectivity index (χ1v) is 7.20. The van der Waals surface area contributed by atoms with Gasteiger partial charge < -0.3 is 10.3 Å². The molecule has 0 aromatic carbocycles. The van der Waals surface area contributed by atoms with Crippen molar-refractivity contribution in [3.8, 4) is 0 Å². The summed E-state index contributed by atoms with van der Waals surface area (Å²) in [5, 5.41) is 32.1. The van der Waals surface area contributed by atoms with Gasteiger partial charge in [0.05, 0.1) is 6.54 Å². The van der Waals surface area contributed by atoms with Gasteiger partial charge in [-0.3, -0.25) is 9.55 Å². The van der Waals surface area contributed by atoms with Gasteiger partial charge in [-0.25, -0.2) is 0 Å². The lowest BCUT2D eigenvalue weighted by Crippen LogP contribution is -2.48. The van der Waals surface area contributed by atoms with Gasteiger partial charge in [0.1, 0.15) is 11.7 Å². The zero-order valence-electron chi connectivity index (χ0n) is 10.4. The summed E-state index contributed by atoms with van der Waals surface area (Å²) in [4.78, 5) is 1.83. The molecule has 0 radical (unpaired) electrons. The molecule has 7 heteroatoms. The van der Waals surface area contributed by atoms with Gasteiger partial charge in [0.15, 0.2) is 0 Å². The van der Waals surface area contributed by atoms with Crippen LogP contribution in [0.4, 0.5) is 5.13 Å². The molecule has 0 spiro atoms. The summed E-state index contributed by atoms with van der Waals surface area (Å²) in [7, 11) is 1.83. The third-order valence-electron chi connectivity index (χ3n) is 3.87. The summed E-state index contributed by atoms with van der Waals surface area (Å²) in [5.74, 6) is 0.473. The SMILES string of the molecule is CN1CC(O)[N+]([O-])(c2nnc(C3CCCC3)s2)C1. The molecule has 2 atom stereocenters. The lowest BCUT2D eigenvalue weighted by atomic mass is 10.1. The van der Waals surface area contributed by atoms with E-state index in [2.05, 4.69) is 10.2 Å². The topological polar surface area (TPSA) is 72.3 Å². The summed E-state index contributed by atoms with van der Waals surface area (Å²) in [6.07, 6.45) is 3.83. The molecular weight excluding hydrogens is 252 g/mol. The first-order valence-electron chi connectivity index (χ1n) is 6.39. The lowest BCUT2D eigenvalue weighted by Gasteiger charge is -2.36. The molecule has 2 heterocycles. The van der Waals surface area contributed by atoms with Crippen molar-refractivity contribution in [2.24, 2.45) is 0 Å². The molecule has 6 nitrogen and oxygen atoms in total. The Hall–Kier alpha value is -0.600. The fourth-order valence-electron chi connectivity index (χ4n) is 2.83. The molecule has 3 rings (SSSR count). The predicted molar refractivity (Wildman–Crippen MR) is 69.8 cm³/mol. The van der Waals surface area contributed by atoms with Gasteiger partial charge in [0, 0.05) is 5.92 Å². The predicted octanol–water partition coefficient (Wildman–Crippen LogP) is 1.22. The molecule has 1 aromatic rings. The number of aromatic nitrogens is 2. The van der Waals surface area contributed by atoms with Crippen LogP contribution in [0.25, 0.3) is 0 Å². The van der Waals surface area contributed by atoms with Crippen molar-refractivity contribution < 1.29 is 5.11 Å². The minimum Gasteiger partial charge on any atom is -0.623 e. The van der Waals surface area contributed by atoms with Crippen molar-refractivity contribution in [2.45, 2.75) is 37.8 Å². The number of aliphatic hydroxyl groups excluding tert-OH is 1. The molecule has 0 bridgehead atoms. The zero-order valence-corrected chi connectivity index (χ0v) is 11.3. The second-order valence-electron chi connectivity index (χ2n) is 5.36. The Bertz CT molecular complexity index is 434. The smallest absolute Gasteiger partial charge is 0.309 e. The second kappa shape index (κ2) is 4.50. The van der Waals surface area contributed by atoms with Crippen LogP contribution >= 0.6 is 11.3 Å². The van der Waals surface area contributed by atoms with Crippen LogP contribution in [0.1, 0.15) is 36.6 Å². The first kappa shape index (κ1) is 12.4. The Morgan fingerprint density at radius 1 is 1.39 bits per heavy atom. The Morgan fingerprint density at radius 3 is 2.72 bits per heavy atom. The molecule has 1 aliphatic carbocycles. The molecule has 2 unspecified atom stereocenters. The number of hydrogen-bond acceptors (Lipinski definition) is 6. The number of nitrogens with zero attached hydrogens (tertiary/aromatic N) is 4. The average Bonchev–Trinajstić information content (AvgIpc) is 3.01. The highest BCUT2D eigenvalue weighted by atomic mass is 32.1. The highest BCUT2D eigenvalue weighted by molar-refractivity contribution is 7.15. The fourth-order valence-corrected chi connectivity index (χ4v) is 3.91. The Labute approximate surface area is 110 Å². The molecule has 1 saturated heterocycles. The molecule has 1 N–H and O–H groups in total. The van der Waals surface area contributed by atoms with Gasteiger partial charge in [-0.1, -0.05) is 17.9 Å². The average molecular weight is 270 g/mol. The number of rotatable bonds is 2. The van der Waals surface area contributed by atoms with Crippen LogP contribution in [0, 0.1) is 5.21 Å². The molecule has 1 aliphatic heterocycles. The van der Waals surface area contributed by atoms with Crippen LogP contribution < -0.4 is 4.65 Å². The maximum absolute atomic E-state index is 12.6. The normalized spacial score (nSPS) is 34.5. The van der Waals surface area contributed by atoms with E-state index < -0.39 is 10.9 Å². The van der Waals surface area contributed by atoms with E-state index in [1.165, 1.54) is 24.2 Å². The Balaban J connectivity index is 1.84. The highest BCUT2D eigenvalue weighted by Gasteiger charge is 2.41. The molecule has 0 amide bonds. The maximum atomic E-state index is 12.6. The number of aliphatic hydroxyl groups is 1. The van der Waals surface area contributed by atoms with E-state index in [-0.39, 0.29) is 6.67 Å². The van der Waals surface area contributed by atoms with Gasteiger partial charge in [0.25, 0.3) is 0 Å². The van der Waals surface area contributed by atoms with E-state index >= 15 is 0 Å². The Morgan fingerprint density at radius 2 is 2.11 bits per heavy atom. The van der Waals surface area contributed by atoms with Crippen molar-refractivity contribution in [3.63, 3.8) is 0 Å². The fraction of sp³-hybridized carbons (Fsp3) is 0.818. The van der Waals surface area contributed by atoms with E-state index in [0.717, 1.165) is 17.8 Å². The van der Waals surface area contributed by atoms with Gasteiger partial charge in [-0.15, -0.1) is 5.10 Å². The summed E-state index contributed by atoms with van der Waals surface area (Å²) < 4.78 is -0.763. The van der Waals surface area contributed by atoms with Crippen LogP contribution in [-0.2, 0) is 0 Å². The largest absolute Gasteiger partial charge is 0.623 e. The molecule has 100 valence electrons. The van der Waals surface area contributed by atoms with Crippen molar-refractivity contribution in [2.75, 3.05) is 20.3 Å². The van der Waals surface area contributed by atoms with Crippen LogP contribution in [0.15, 0.2) is 0 Å². The quantitative estimate of drug-likeness (QED) is 0.646. The summed E-state index contributed by atoms with van der Waals surface area (Å²) >= 11 is 1.38. The zero-order chi connectivity index (χ0) is 12.8. The molecule has 2 aliphatic rings. The van der Waals surface area contributed by atoms with E-state index in [4.69, 9.17) is 0 Å². The number of likely N-dealkylation sites (N-methyl/N-ethyl adjacent to an activating group) is 1. The lowest BCUT2D eigenvalue weighted by molar-refractivity contribution is 0.0844. The van der Waals surface area contributed by atoms with E-state index in [0.29, 0.717) is 17.6 Å². The van der Waals surface area contributed by atoms with Gasteiger partial charge in [-0.05, 0) is 31.2 Å². The summed E-state index contributed by atoms with van der Waals surface area (Å²) in [6, 6.07) is 0. The summed E-state index contributed by atoms with van der Waals surface area (Å²) in [5.41, 5.74) is 0. The van der Waals surface area contributed by atoms with Crippen molar-refractivity contribution >= 4 is 16.5 Å². The van der Waals surface area contributed by atoms with Crippen molar-refractivity contribution in [1.29, 1.82) is 0 Å². The number of hydroxylamine groups is 2. The van der Waals surface area contributed by atoms with E-state index in [9.17, 15) is 10.3 Å². The molecule has 18 heavy (non-hydrogen) atoms. The third kappa shape index (κ3) is 1.96. The van der Waals surface area contributed by atoms with Gasteiger partial charge in [0.2, 0.25) is 6.23 Å². The highest BCUT2D eigenvalue weighted by Crippen LogP contribution is 2.39. The number of hydrogen-bond donors (Lipinski definition) is 1. The van der Waals surface area contributed by atoms with Crippen LogP contribution in [-0.4, -0.2) is 46.7 Å². The van der Waals surface area contributed by atoms with Gasteiger partial charge in [-0.2, -0.15) is 0 Å². The molecule has 1 saturated carbocycles. The van der Waals surface area contributed by atoms with Gasteiger partial charge >= 0.3 is 5.13 Å². The standard InChI is InChI=1S/C11H18N4O2S/c1-14-6-9(16)15(17,7-14)11-13-12-10(18-11)8-4-2-3-5-8/h8-9,16H,2-7H2,1H3. The maximum Gasteiger partial charge on any atom is 0.309 e. The van der Waals surface area contributed by atoms with Crippen LogP contribution in [0.2, 0.25) is 0 Å².